The standard InChI is InChI=1S/C15H24FNO/c1-3-5-6-7-10-18-15-9-8-14(16)11-13(15)12-17-4-2/h8-9,11,17H,3-7,10,12H2,1-2H3. The average Bonchev–Trinajstić information content (AvgIpc) is 2.38. The van der Waals surface area contributed by atoms with E-state index in [1.165, 1.54) is 25.3 Å². The van der Waals surface area contributed by atoms with Crippen LogP contribution < -0.4 is 10.1 Å². The molecule has 102 valence electrons. The van der Waals surface area contributed by atoms with Gasteiger partial charge in [-0.3, -0.25) is 0 Å². The molecule has 0 spiro atoms. The third-order valence-electron chi connectivity index (χ3n) is 2.84. The third kappa shape index (κ3) is 5.50. The van der Waals surface area contributed by atoms with E-state index >= 15 is 0 Å². The van der Waals surface area contributed by atoms with Gasteiger partial charge in [-0.15, -0.1) is 0 Å². The van der Waals surface area contributed by atoms with Crippen LogP contribution in [0.5, 0.6) is 5.75 Å². The van der Waals surface area contributed by atoms with Crippen molar-refractivity contribution in [3.63, 3.8) is 0 Å². The summed E-state index contributed by atoms with van der Waals surface area (Å²) in [5.74, 6) is 0.593. The van der Waals surface area contributed by atoms with Crippen molar-refractivity contribution in [3.05, 3.63) is 29.6 Å². The van der Waals surface area contributed by atoms with E-state index in [9.17, 15) is 4.39 Å². The van der Waals surface area contributed by atoms with E-state index in [2.05, 4.69) is 12.2 Å². The van der Waals surface area contributed by atoms with Gasteiger partial charge in [-0.05, 0) is 31.2 Å². The number of rotatable bonds is 9. The fourth-order valence-corrected chi connectivity index (χ4v) is 1.80. The molecule has 0 radical (unpaired) electrons. The molecule has 0 amide bonds. The van der Waals surface area contributed by atoms with Crippen molar-refractivity contribution in [2.24, 2.45) is 0 Å². The Bertz CT molecular complexity index is 341. The van der Waals surface area contributed by atoms with E-state index in [0.717, 1.165) is 24.3 Å². The van der Waals surface area contributed by atoms with Gasteiger partial charge in [-0.25, -0.2) is 4.39 Å². The lowest BCUT2D eigenvalue weighted by atomic mass is 10.2. The molecule has 1 rings (SSSR count). The van der Waals surface area contributed by atoms with Gasteiger partial charge in [0.15, 0.2) is 0 Å². The molecule has 0 unspecified atom stereocenters. The number of halogens is 1. The van der Waals surface area contributed by atoms with E-state index in [4.69, 9.17) is 4.74 Å². The summed E-state index contributed by atoms with van der Waals surface area (Å²) in [6.45, 7) is 6.45. The van der Waals surface area contributed by atoms with Gasteiger partial charge in [-0.1, -0.05) is 33.1 Å². The van der Waals surface area contributed by atoms with Crippen LogP contribution in [0, 0.1) is 5.82 Å². The van der Waals surface area contributed by atoms with Gasteiger partial charge in [0.05, 0.1) is 6.61 Å². The molecule has 1 N–H and O–H groups in total. The molecule has 1 aromatic carbocycles. The van der Waals surface area contributed by atoms with Crippen molar-refractivity contribution in [3.8, 4) is 5.75 Å². The molecule has 0 fully saturated rings. The number of hydrogen-bond donors (Lipinski definition) is 1. The molecular formula is C15H24FNO. The summed E-state index contributed by atoms with van der Waals surface area (Å²) in [5.41, 5.74) is 0.896. The minimum Gasteiger partial charge on any atom is -0.493 e. The van der Waals surface area contributed by atoms with Gasteiger partial charge in [-0.2, -0.15) is 0 Å². The second kappa shape index (κ2) is 8.92. The Morgan fingerprint density at radius 2 is 2.00 bits per heavy atom. The molecule has 18 heavy (non-hydrogen) atoms. The highest BCUT2D eigenvalue weighted by atomic mass is 19.1. The first kappa shape index (κ1) is 15.0. The summed E-state index contributed by atoms with van der Waals surface area (Å²) in [7, 11) is 0. The summed E-state index contributed by atoms with van der Waals surface area (Å²) in [6, 6.07) is 4.72. The number of unbranched alkanes of at least 4 members (excludes halogenated alkanes) is 3. The predicted octanol–water partition coefficient (Wildman–Crippen LogP) is 3.89. The van der Waals surface area contributed by atoms with Crippen LogP contribution in [0.4, 0.5) is 4.39 Å². The van der Waals surface area contributed by atoms with Crippen molar-refractivity contribution >= 4 is 0 Å². The molecule has 3 heteroatoms. The zero-order chi connectivity index (χ0) is 13.2. The number of benzene rings is 1. The second-order valence-corrected chi connectivity index (χ2v) is 4.44. The molecule has 0 atom stereocenters. The first-order valence-electron chi connectivity index (χ1n) is 6.89. The largest absolute Gasteiger partial charge is 0.493 e. The lowest BCUT2D eigenvalue weighted by Crippen LogP contribution is -2.13. The van der Waals surface area contributed by atoms with Crippen LogP contribution in [-0.2, 0) is 6.54 Å². The Labute approximate surface area is 110 Å². The van der Waals surface area contributed by atoms with E-state index in [1.807, 2.05) is 6.92 Å². The minimum absolute atomic E-state index is 0.207. The molecule has 0 saturated carbocycles. The van der Waals surface area contributed by atoms with Crippen LogP contribution in [0.2, 0.25) is 0 Å². The summed E-state index contributed by atoms with van der Waals surface area (Å²) >= 11 is 0. The monoisotopic (exact) mass is 253 g/mol. The Morgan fingerprint density at radius 1 is 1.17 bits per heavy atom. The number of ether oxygens (including phenoxy) is 1. The fraction of sp³-hybridized carbons (Fsp3) is 0.600. The van der Waals surface area contributed by atoms with Crippen molar-refractivity contribution in [2.75, 3.05) is 13.2 Å². The fourth-order valence-electron chi connectivity index (χ4n) is 1.80. The van der Waals surface area contributed by atoms with E-state index in [0.29, 0.717) is 13.2 Å². The van der Waals surface area contributed by atoms with Crippen LogP contribution in [0.1, 0.15) is 45.1 Å². The van der Waals surface area contributed by atoms with E-state index < -0.39 is 0 Å². The highest BCUT2D eigenvalue weighted by Gasteiger charge is 2.05. The van der Waals surface area contributed by atoms with E-state index in [-0.39, 0.29) is 5.82 Å². The van der Waals surface area contributed by atoms with Gasteiger partial charge in [0, 0.05) is 12.1 Å². The number of hydrogen-bond acceptors (Lipinski definition) is 2. The lowest BCUT2D eigenvalue weighted by molar-refractivity contribution is 0.301. The van der Waals surface area contributed by atoms with Crippen molar-refractivity contribution < 1.29 is 9.13 Å². The highest BCUT2D eigenvalue weighted by Crippen LogP contribution is 2.20. The smallest absolute Gasteiger partial charge is 0.123 e. The second-order valence-electron chi connectivity index (χ2n) is 4.44. The SMILES string of the molecule is CCCCCCOc1ccc(F)cc1CNCC. The first-order valence-corrected chi connectivity index (χ1v) is 6.89. The van der Waals surface area contributed by atoms with Crippen LogP contribution in [0.25, 0.3) is 0 Å². The zero-order valence-electron chi connectivity index (χ0n) is 11.5. The summed E-state index contributed by atoms with van der Waals surface area (Å²) in [5, 5.41) is 3.20. The topological polar surface area (TPSA) is 21.3 Å². The van der Waals surface area contributed by atoms with Gasteiger partial charge in [0.25, 0.3) is 0 Å². The molecule has 0 aliphatic carbocycles. The summed E-state index contributed by atoms with van der Waals surface area (Å²) < 4.78 is 18.9. The van der Waals surface area contributed by atoms with Gasteiger partial charge >= 0.3 is 0 Å². The van der Waals surface area contributed by atoms with Crippen molar-refractivity contribution in [1.82, 2.24) is 5.32 Å². The zero-order valence-corrected chi connectivity index (χ0v) is 11.5. The molecule has 0 heterocycles. The van der Waals surface area contributed by atoms with Crippen LogP contribution >= 0.6 is 0 Å². The summed E-state index contributed by atoms with van der Waals surface area (Å²) in [6.07, 6.45) is 4.73. The van der Waals surface area contributed by atoms with E-state index in [1.54, 1.807) is 12.1 Å². The lowest BCUT2D eigenvalue weighted by Gasteiger charge is -2.12. The van der Waals surface area contributed by atoms with Crippen LogP contribution in [-0.4, -0.2) is 13.2 Å². The van der Waals surface area contributed by atoms with Crippen molar-refractivity contribution in [2.45, 2.75) is 46.1 Å². The highest BCUT2D eigenvalue weighted by molar-refractivity contribution is 5.33. The normalized spacial score (nSPS) is 10.6. The maximum absolute atomic E-state index is 13.2. The predicted molar refractivity (Wildman–Crippen MR) is 73.4 cm³/mol. The first-order chi connectivity index (χ1) is 8.77. The Hall–Kier alpha value is -1.09. The Morgan fingerprint density at radius 3 is 2.72 bits per heavy atom. The van der Waals surface area contributed by atoms with Crippen LogP contribution in [0.3, 0.4) is 0 Å². The quantitative estimate of drug-likeness (QED) is 0.674. The Balaban J connectivity index is 2.47. The maximum atomic E-state index is 13.2. The minimum atomic E-state index is -0.207. The van der Waals surface area contributed by atoms with Gasteiger partial charge < -0.3 is 10.1 Å². The molecule has 0 bridgehead atoms. The number of nitrogens with one attached hydrogen (secondary N) is 1. The third-order valence-corrected chi connectivity index (χ3v) is 2.84. The van der Waals surface area contributed by atoms with Crippen LogP contribution in [0.15, 0.2) is 18.2 Å². The molecular weight excluding hydrogens is 229 g/mol. The maximum Gasteiger partial charge on any atom is 0.123 e. The average molecular weight is 253 g/mol. The summed E-state index contributed by atoms with van der Waals surface area (Å²) in [4.78, 5) is 0. The molecule has 2 nitrogen and oxygen atoms in total. The molecule has 0 saturated heterocycles. The van der Waals surface area contributed by atoms with Gasteiger partial charge in [0.1, 0.15) is 11.6 Å². The molecule has 0 aliphatic rings. The molecule has 0 aromatic heterocycles. The van der Waals surface area contributed by atoms with Crippen molar-refractivity contribution in [1.29, 1.82) is 0 Å². The Kier molecular flexibility index (Phi) is 7.42. The van der Waals surface area contributed by atoms with Gasteiger partial charge in [0.2, 0.25) is 0 Å². The molecule has 0 aliphatic heterocycles. The molecule has 1 aromatic rings.